The van der Waals surface area contributed by atoms with Gasteiger partial charge in [0, 0.05) is 0 Å². The van der Waals surface area contributed by atoms with E-state index in [9.17, 15) is 5.11 Å². The van der Waals surface area contributed by atoms with Crippen molar-refractivity contribution in [3.8, 4) is 5.75 Å². The zero-order valence-electron chi connectivity index (χ0n) is 14.5. The summed E-state index contributed by atoms with van der Waals surface area (Å²) in [4.78, 5) is 4.49. The van der Waals surface area contributed by atoms with Gasteiger partial charge in [-0.05, 0) is 0 Å². The van der Waals surface area contributed by atoms with Crippen LogP contribution in [0.5, 0.6) is 5.75 Å². The van der Waals surface area contributed by atoms with Gasteiger partial charge in [0.25, 0.3) is 0 Å². The first-order chi connectivity index (χ1) is 11.0. The predicted octanol–water partition coefficient (Wildman–Crippen LogP) is 4.96. The van der Waals surface area contributed by atoms with Crippen molar-refractivity contribution < 1.29 is 8.17 Å². The molecule has 0 heterocycles. The second-order valence-corrected chi connectivity index (χ2v) is 12.5. The van der Waals surface area contributed by atoms with E-state index in [1.807, 2.05) is 0 Å². The average molecular weight is 428 g/mol. The van der Waals surface area contributed by atoms with E-state index < -0.39 is 20.2 Å². The molecule has 1 aromatic rings. The number of alkyl halides is 2. The van der Waals surface area contributed by atoms with Gasteiger partial charge >= 0.3 is 148 Å². The Morgan fingerprint density at radius 1 is 1.17 bits per heavy atom. The Hall–Kier alpha value is -0.290. The van der Waals surface area contributed by atoms with Crippen molar-refractivity contribution in [2.45, 2.75) is 57.5 Å². The number of hydrogen-bond donors (Lipinski definition) is 1. The molecular formula is C20H29IO2. The van der Waals surface area contributed by atoms with Gasteiger partial charge in [0.2, 0.25) is 0 Å². The number of halogens is 1. The molecule has 0 aromatic heterocycles. The third-order valence-electron chi connectivity index (χ3n) is 6.89. The third kappa shape index (κ3) is 2.62. The van der Waals surface area contributed by atoms with Crippen LogP contribution in [0.15, 0.2) is 18.2 Å². The molecule has 3 aliphatic carbocycles. The summed E-state index contributed by atoms with van der Waals surface area (Å²) in [6, 6.07) is 6.88. The summed E-state index contributed by atoms with van der Waals surface area (Å²) in [5, 5.41) is 10.5. The van der Waals surface area contributed by atoms with E-state index in [-0.39, 0.29) is 11.5 Å². The zero-order valence-corrected chi connectivity index (χ0v) is 16.7. The van der Waals surface area contributed by atoms with Gasteiger partial charge in [-0.15, -0.1) is 0 Å². The molecule has 3 aliphatic rings. The first kappa shape index (κ1) is 16.2. The van der Waals surface area contributed by atoms with E-state index >= 15 is 0 Å². The summed E-state index contributed by atoms with van der Waals surface area (Å²) in [5.74, 6) is 3.32. The predicted molar refractivity (Wildman–Crippen MR) is 104 cm³/mol. The molecule has 23 heavy (non-hydrogen) atoms. The SMILES string of the molecule is CI(C)Oc1ccc2c(c1)CC[C@@H]1[C@@H]2CC[C@]2(C)[C@@H](O)CC[C@@H]12. The molecule has 0 unspecified atom stereocenters. The maximum atomic E-state index is 10.5. The van der Waals surface area contributed by atoms with Crippen LogP contribution < -0.4 is 3.07 Å². The van der Waals surface area contributed by atoms with Gasteiger partial charge in [0.1, 0.15) is 0 Å². The van der Waals surface area contributed by atoms with E-state index in [0.29, 0.717) is 5.92 Å². The normalized spacial score (nSPS) is 39.2. The van der Waals surface area contributed by atoms with Gasteiger partial charge in [-0.3, -0.25) is 0 Å². The molecule has 2 nitrogen and oxygen atoms in total. The van der Waals surface area contributed by atoms with Crippen LogP contribution in [-0.4, -0.2) is 21.1 Å². The summed E-state index contributed by atoms with van der Waals surface area (Å²) < 4.78 is 6.04. The number of aryl methyl sites for hydroxylation is 1. The minimum absolute atomic E-state index is 0.0674. The molecule has 0 radical (unpaired) electrons. The second kappa shape index (κ2) is 5.91. The Morgan fingerprint density at radius 2 is 2.00 bits per heavy atom. The van der Waals surface area contributed by atoms with Crippen LogP contribution in [0.3, 0.4) is 0 Å². The summed E-state index contributed by atoms with van der Waals surface area (Å²) in [5.41, 5.74) is 3.30. The molecule has 2 saturated carbocycles. The van der Waals surface area contributed by atoms with E-state index in [0.717, 1.165) is 24.0 Å². The Bertz CT molecular complexity index is 599. The first-order valence-corrected chi connectivity index (χ1v) is 14.2. The van der Waals surface area contributed by atoms with Crippen LogP contribution in [0, 0.1) is 17.3 Å². The van der Waals surface area contributed by atoms with E-state index in [1.54, 1.807) is 5.56 Å². The molecule has 0 bridgehead atoms. The van der Waals surface area contributed by atoms with Gasteiger partial charge in [-0.2, -0.15) is 0 Å². The number of rotatable bonds is 2. The van der Waals surface area contributed by atoms with Crippen LogP contribution in [0.4, 0.5) is 0 Å². The fourth-order valence-electron chi connectivity index (χ4n) is 5.76. The third-order valence-corrected chi connectivity index (χ3v) is 8.28. The molecule has 5 atom stereocenters. The van der Waals surface area contributed by atoms with Gasteiger partial charge in [0.05, 0.1) is 0 Å². The van der Waals surface area contributed by atoms with Gasteiger partial charge < -0.3 is 0 Å². The van der Waals surface area contributed by atoms with Crippen LogP contribution in [-0.2, 0) is 6.42 Å². The van der Waals surface area contributed by atoms with Crippen LogP contribution in [0.1, 0.15) is 56.1 Å². The van der Waals surface area contributed by atoms with Crippen LogP contribution in [0.25, 0.3) is 0 Å². The number of aliphatic hydroxyl groups excluding tert-OH is 1. The van der Waals surface area contributed by atoms with Crippen LogP contribution >= 0.6 is 20.2 Å². The van der Waals surface area contributed by atoms with E-state index in [4.69, 9.17) is 3.07 Å². The minimum atomic E-state index is -1.19. The quantitative estimate of drug-likeness (QED) is 0.533. The summed E-state index contributed by atoms with van der Waals surface area (Å²) in [6.45, 7) is 2.35. The molecule has 0 saturated heterocycles. The van der Waals surface area contributed by atoms with Gasteiger partial charge in [-0.1, -0.05) is 0 Å². The maximum absolute atomic E-state index is 10.5. The summed E-state index contributed by atoms with van der Waals surface area (Å²) >= 11 is -1.19. The Balaban J connectivity index is 1.62. The molecule has 1 aromatic carbocycles. The van der Waals surface area contributed by atoms with Crippen molar-refractivity contribution in [1.82, 2.24) is 0 Å². The second-order valence-electron chi connectivity index (χ2n) is 8.18. The number of fused-ring (bicyclic) bond motifs is 5. The van der Waals surface area contributed by atoms with Crippen molar-refractivity contribution in [2.75, 3.05) is 9.86 Å². The molecular weight excluding hydrogens is 399 g/mol. The molecule has 4 rings (SSSR count). The standard InChI is InChI=1S/C20H29IO2/c1-20-11-10-16-15-7-5-14(23-21(2)3)12-13(15)4-6-17(16)18(20)8-9-19(20)22/h5,7,12,16-19,22H,4,6,8-11H2,1-3H3/t16-,17-,18+,19+,20+/m1/s1. The van der Waals surface area contributed by atoms with Crippen LogP contribution in [0.2, 0.25) is 0 Å². The van der Waals surface area contributed by atoms with Crippen molar-refractivity contribution in [1.29, 1.82) is 0 Å². The molecule has 0 amide bonds. The molecule has 2 fully saturated rings. The molecule has 0 spiro atoms. The number of aliphatic hydroxyl groups is 1. The number of benzene rings is 1. The van der Waals surface area contributed by atoms with E-state index in [2.05, 4.69) is 35.0 Å². The van der Waals surface area contributed by atoms with Crippen molar-refractivity contribution in [2.24, 2.45) is 17.3 Å². The molecule has 128 valence electrons. The average Bonchev–Trinajstić information content (AvgIpc) is 2.82. The molecule has 0 aliphatic heterocycles. The molecule has 3 heteroatoms. The Morgan fingerprint density at radius 3 is 2.78 bits per heavy atom. The van der Waals surface area contributed by atoms with Crippen molar-refractivity contribution in [3.05, 3.63) is 29.3 Å². The Kier molecular flexibility index (Phi) is 4.16. The topological polar surface area (TPSA) is 29.5 Å². The van der Waals surface area contributed by atoms with E-state index in [1.165, 1.54) is 37.7 Å². The fourth-order valence-corrected chi connectivity index (χ4v) is 7.05. The first-order valence-electron chi connectivity index (χ1n) is 8.98. The summed E-state index contributed by atoms with van der Waals surface area (Å²) in [6.07, 6.45) is 7.12. The van der Waals surface area contributed by atoms with Gasteiger partial charge in [0.15, 0.2) is 0 Å². The van der Waals surface area contributed by atoms with Crippen molar-refractivity contribution in [3.63, 3.8) is 0 Å². The summed E-state index contributed by atoms with van der Waals surface area (Å²) in [7, 11) is 0. The van der Waals surface area contributed by atoms with Crippen molar-refractivity contribution >= 4 is 20.2 Å². The zero-order chi connectivity index (χ0) is 16.2. The monoisotopic (exact) mass is 428 g/mol. The fraction of sp³-hybridized carbons (Fsp3) is 0.700. The number of hydrogen-bond acceptors (Lipinski definition) is 2. The van der Waals surface area contributed by atoms with Gasteiger partial charge in [-0.25, -0.2) is 0 Å². The Labute approximate surface area is 147 Å². The molecule has 1 N–H and O–H groups in total.